The molecule has 0 radical (unpaired) electrons. The van der Waals surface area contributed by atoms with Gasteiger partial charge in [0.05, 0.1) is 25.1 Å². The van der Waals surface area contributed by atoms with Crippen molar-refractivity contribution in [2.45, 2.75) is 6.42 Å². The van der Waals surface area contributed by atoms with Crippen LogP contribution < -0.4 is 25.7 Å². The molecule has 0 aliphatic rings. The van der Waals surface area contributed by atoms with Gasteiger partial charge in [-0.2, -0.15) is 0 Å². The molecular weight excluding hydrogens is 388 g/mol. The second-order valence-electron chi connectivity index (χ2n) is 6.40. The predicted octanol–water partition coefficient (Wildman–Crippen LogP) is 1.49. The zero-order valence-electron chi connectivity index (χ0n) is 16.7. The van der Waals surface area contributed by atoms with Crippen molar-refractivity contribution in [3.63, 3.8) is 0 Å². The number of rotatable bonds is 8. The monoisotopic (exact) mass is 410 g/mol. The van der Waals surface area contributed by atoms with Gasteiger partial charge in [0, 0.05) is 24.7 Å². The fourth-order valence-corrected chi connectivity index (χ4v) is 2.81. The Kier molecular flexibility index (Phi) is 6.63. The number of nitrogens with zero attached hydrogens (tertiary/aromatic N) is 1. The molecule has 0 aliphatic heterocycles. The summed E-state index contributed by atoms with van der Waals surface area (Å²) in [6, 6.07) is 11.7. The summed E-state index contributed by atoms with van der Waals surface area (Å²) in [6.07, 6.45) is 0.496. The molecule has 9 nitrogen and oxygen atoms in total. The Morgan fingerprint density at radius 3 is 2.27 bits per heavy atom. The van der Waals surface area contributed by atoms with Gasteiger partial charge in [0.1, 0.15) is 11.5 Å². The van der Waals surface area contributed by atoms with Crippen LogP contribution in [0.5, 0.6) is 11.5 Å². The SMILES string of the molecule is COc1cc(OC)cc(C(=O)NCCCNC(=O)c2nc3ccccc3c(=O)[nH]2)c1. The van der Waals surface area contributed by atoms with Crippen LogP contribution in [-0.2, 0) is 0 Å². The number of ether oxygens (including phenoxy) is 2. The summed E-state index contributed by atoms with van der Waals surface area (Å²) in [5.74, 6) is 0.222. The van der Waals surface area contributed by atoms with Crippen LogP contribution in [0.4, 0.5) is 0 Å². The number of amides is 2. The number of methoxy groups -OCH3 is 2. The summed E-state index contributed by atoms with van der Waals surface area (Å²) in [4.78, 5) is 43.2. The van der Waals surface area contributed by atoms with Gasteiger partial charge in [-0.1, -0.05) is 12.1 Å². The topological polar surface area (TPSA) is 122 Å². The molecule has 3 N–H and O–H groups in total. The Labute approximate surface area is 172 Å². The van der Waals surface area contributed by atoms with Gasteiger partial charge in [0.2, 0.25) is 0 Å². The third-order valence-corrected chi connectivity index (χ3v) is 4.37. The van der Waals surface area contributed by atoms with E-state index < -0.39 is 5.91 Å². The van der Waals surface area contributed by atoms with Crippen molar-refractivity contribution in [3.8, 4) is 11.5 Å². The molecule has 1 heterocycles. The number of hydrogen-bond donors (Lipinski definition) is 3. The molecule has 0 saturated carbocycles. The summed E-state index contributed by atoms with van der Waals surface area (Å²) >= 11 is 0. The summed E-state index contributed by atoms with van der Waals surface area (Å²) in [7, 11) is 3.02. The van der Waals surface area contributed by atoms with Crippen molar-refractivity contribution in [1.29, 1.82) is 0 Å². The molecule has 0 fully saturated rings. The third kappa shape index (κ3) is 4.93. The van der Waals surface area contributed by atoms with Crippen LogP contribution in [-0.4, -0.2) is 49.1 Å². The van der Waals surface area contributed by atoms with E-state index in [4.69, 9.17) is 9.47 Å². The number of nitrogens with one attached hydrogen (secondary N) is 3. The van der Waals surface area contributed by atoms with E-state index in [1.54, 1.807) is 42.5 Å². The van der Waals surface area contributed by atoms with Gasteiger partial charge in [-0.25, -0.2) is 4.98 Å². The van der Waals surface area contributed by atoms with Crippen LogP contribution in [0.3, 0.4) is 0 Å². The lowest BCUT2D eigenvalue weighted by atomic mass is 10.2. The highest BCUT2D eigenvalue weighted by molar-refractivity contribution is 5.95. The first-order valence-electron chi connectivity index (χ1n) is 9.30. The summed E-state index contributed by atoms with van der Waals surface area (Å²) in [6.45, 7) is 0.650. The van der Waals surface area contributed by atoms with Gasteiger partial charge in [-0.15, -0.1) is 0 Å². The van der Waals surface area contributed by atoms with Crippen LogP contribution in [0.25, 0.3) is 10.9 Å². The second-order valence-corrected chi connectivity index (χ2v) is 6.40. The smallest absolute Gasteiger partial charge is 0.287 e. The van der Waals surface area contributed by atoms with Crippen molar-refractivity contribution in [2.24, 2.45) is 0 Å². The number of carbonyl (C=O) groups is 2. The number of hydrogen-bond acceptors (Lipinski definition) is 6. The number of para-hydroxylation sites is 1. The van der Waals surface area contributed by atoms with Crippen molar-refractivity contribution in [3.05, 3.63) is 64.2 Å². The molecule has 0 saturated heterocycles. The maximum absolute atomic E-state index is 12.3. The van der Waals surface area contributed by atoms with E-state index in [1.807, 2.05) is 0 Å². The first-order chi connectivity index (χ1) is 14.5. The zero-order chi connectivity index (χ0) is 21.5. The molecule has 3 rings (SSSR count). The van der Waals surface area contributed by atoms with Crippen LogP contribution in [0.2, 0.25) is 0 Å². The van der Waals surface area contributed by atoms with Crippen LogP contribution in [0.15, 0.2) is 47.3 Å². The van der Waals surface area contributed by atoms with E-state index >= 15 is 0 Å². The standard InChI is InChI=1S/C21H22N4O5/c1-29-14-10-13(11-15(12-14)30-2)19(26)22-8-5-9-23-21(28)18-24-17-7-4-3-6-16(17)20(27)25-18/h3-4,6-7,10-12H,5,8-9H2,1-2H3,(H,22,26)(H,23,28)(H,24,25,27). The number of fused-ring (bicyclic) bond motifs is 1. The molecule has 9 heteroatoms. The Morgan fingerprint density at radius 2 is 1.60 bits per heavy atom. The molecule has 2 aromatic carbocycles. The first-order valence-corrected chi connectivity index (χ1v) is 9.30. The minimum absolute atomic E-state index is 0.0498. The van der Waals surface area contributed by atoms with Gasteiger partial charge in [-0.05, 0) is 30.7 Å². The highest BCUT2D eigenvalue weighted by atomic mass is 16.5. The van der Waals surface area contributed by atoms with E-state index in [0.717, 1.165) is 0 Å². The molecule has 0 aliphatic carbocycles. The average Bonchev–Trinajstić information content (AvgIpc) is 2.78. The van der Waals surface area contributed by atoms with E-state index in [1.165, 1.54) is 14.2 Å². The first kappa shape index (κ1) is 20.8. The van der Waals surface area contributed by atoms with Crippen molar-refractivity contribution in [1.82, 2.24) is 20.6 Å². The minimum atomic E-state index is -0.485. The van der Waals surface area contributed by atoms with E-state index in [2.05, 4.69) is 20.6 Å². The van der Waals surface area contributed by atoms with Gasteiger partial charge in [-0.3, -0.25) is 14.4 Å². The molecule has 30 heavy (non-hydrogen) atoms. The quantitative estimate of drug-likeness (QED) is 0.484. The van der Waals surface area contributed by atoms with Crippen LogP contribution in [0.1, 0.15) is 27.4 Å². The van der Waals surface area contributed by atoms with Crippen molar-refractivity contribution >= 4 is 22.7 Å². The fourth-order valence-electron chi connectivity index (χ4n) is 2.81. The molecular formula is C21H22N4O5. The molecule has 3 aromatic rings. The van der Waals surface area contributed by atoms with Gasteiger partial charge < -0.3 is 25.1 Å². The Bertz CT molecular complexity index is 1100. The van der Waals surface area contributed by atoms with E-state index in [-0.39, 0.29) is 17.3 Å². The van der Waals surface area contributed by atoms with Crippen molar-refractivity contribution < 1.29 is 19.1 Å². The largest absolute Gasteiger partial charge is 0.497 e. The average molecular weight is 410 g/mol. The molecule has 0 bridgehead atoms. The molecule has 1 aromatic heterocycles. The third-order valence-electron chi connectivity index (χ3n) is 4.37. The van der Waals surface area contributed by atoms with E-state index in [0.29, 0.717) is 47.5 Å². The van der Waals surface area contributed by atoms with Gasteiger partial charge >= 0.3 is 0 Å². The number of aromatic nitrogens is 2. The maximum atomic E-state index is 12.3. The molecule has 2 amide bonds. The fraction of sp³-hybridized carbons (Fsp3) is 0.238. The molecule has 0 atom stereocenters. The van der Waals surface area contributed by atoms with E-state index in [9.17, 15) is 14.4 Å². The lowest BCUT2D eigenvalue weighted by molar-refractivity contribution is 0.0942. The Hall–Kier alpha value is -3.88. The van der Waals surface area contributed by atoms with Crippen LogP contribution in [0, 0.1) is 0 Å². The van der Waals surface area contributed by atoms with Gasteiger partial charge in [0.25, 0.3) is 17.4 Å². The molecule has 0 unspecified atom stereocenters. The zero-order valence-corrected chi connectivity index (χ0v) is 16.7. The molecule has 0 spiro atoms. The number of H-pyrrole nitrogens is 1. The lowest BCUT2D eigenvalue weighted by Gasteiger charge is -2.09. The normalized spacial score (nSPS) is 10.5. The summed E-state index contributed by atoms with van der Waals surface area (Å²) < 4.78 is 10.3. The number of carbonyl (C=O) groups excluding carboxylic acids is 2. The number of aromatic amines is 1. The maximum Gasteiger partial charge on any atom is 0.287 e. The summed E-state index contributed by atoms with van der Waals surface area (Å²) in [5.41, 5.74) is 0.493. The van der Waals surface area contributed by atoms with Crippen molar-refractivity contribution in [2.75, 3.05) is 27.3 Å². The summed E-state index contributed by atoms with van der Waals surface area (Å²) in [5, 5.41) is 5.87. The number of benzene rings is 2. The van der Waals surface area contributed by atoms with Crippen LogP contribution >= 0.6 is 0 Å². The highest BCUT2D eigenvalue weighted by Crippen LogP contribution is 2.22. The predicted molar refractivity (Wildman–Crippen MR) is 111 cm³/mol. The minimum Gasteiger partial charge on any atom is -0.497 e. The van der Waals surface area contributed by atoms with Gasteiger partial charge in [0.15, 0.2) is 5.82 Å². The molecule has 156 valence electrons. The second kappa shape index (κ2) is 9.55. The lowest BCUT2D eigenvalue weighted by Crippen LogP contribution is -2.31. The Morgan fingerprint density at radius 1 is 0.967 bits per heavy atom. The Balaban J connectivity index is 1.50. The highest BCUT2D eigenvalue weighted by Gasteiger charge is 2.12.